The van der Waals surface area contributed by atoms with Crippen LogP contribution in [0, 0.1) is 5.41 Å². The van der Waals surface area contributed by atoms with Crippen molar-refractivity contribution in [3.63, 3.8) is 0 Å². The zero-order valence-corrected chi connectivity index (χ0v) is 12.5. The van der Waals surface area contributed by atoms with Crippen LogP contribution in [0.25, 0.3) is 0 Å². The number of aromatic amines is 1. The summed E-state index contributed by atoms with van der Waals surface area (Å²) in [5.74, 6) is 0. The molecule has 0 aliphatic heterocycles. The fourth-order valence-electron chi connectivity index (χ4n) is 3.33. The van der Waals surface area contributed by atoms with E-state index in [9.17, 15) is 0 Å². The second-order valence-corrected chi connectivity index (χ2v) is 6.37. The van der Waals surface area contributed by atoms with E-state index in [0.717, 1.165) is 5.13 Å². The lowest BCUT2D eigenvalue weighted by Gasteiger charge is -2.39. The Labute approximate surface area is 118 Å². The largest absolute Gasteiger partial charge is 1.00 e. The number of fused-ring (bicyclic) bond motifs is 1. The van der Waals surface area contributed by atoms with Gasteiger partial charge < -0.3 is 24.0 Å². The minimum absolute atomic E-state index is 0. The van der Waals surface area contributed by atoms with Crippen molar-refractivity contribution in [2.45, 2.75) is 51.4 Å². The van der Waals surface area contributed by atoms with Gasteiger partial charge in [-0.3, -0.25) is 5.73 Å². The highest BCUT2D eigenvalue weighted by Crippen LogP contribution is 2.46. The van der Waals surface area contributed by atoms with E-state index in [1.165, 1.54) is 57.1 Å². The van der Waals surface area contributed by atoms with E-state index >= 15 is 0 Å². The molecule has 0 atom stereocenters. The van der Waals surface area contributed by atoms with Crippen LogP contribution in [0.1, 0.15) is 49.1 Å². The maximum Gasteiger partial charge on any atom is 0.329 e. The molecule has 1 spiro atoms. The summed E-state index contributed by atoms with van der Waals surface area (Å²) in [6.07, 6.45) is 11.1. The first-order valence-electron chi connectivity index (χ1n) is 6.07. The van der Waals surface area contributed by atoms with Gasteiger partial charge in [0.25, 0.3) is 0 Å². The average molecular weight is 350 g/mol. The predicted octanol–water partition coefficient (Wildman–Crippen LogP) is -0.412. The SMILES string of the molecule is Nc1[nH+]c2c(s1)CC1(CCCCC1)CC2.[I-]. The summed E-state index contributed by atoms with van der Waals surface area (Å²) in [6, 6.07) is 0. The fraction of sp³-hybridized carbons (Fsp3) is 0.750. The fourth-order valence-corrected chi connectivity index (χ4v) is 4.43. The van der Waals surface area contributed by atoms with E-state index in [1.54, 1.807) is 16.2 Å². The van der Waals surface area contributed by atoms with Crippen molar-refractivity contribution in [1.82, 2.24) is 0 Å². The molecular formula is C12H19IN2S. The van der Waals surface area contributed by atoms with E-state index < -0.39 is 0 Å². The van der Waals surface area contributed by atoms with Crippen LogP contribution in [0.4, 0.5) is 5.13 Å². The van der Waals surface area contributed by atoms with Crippen LogP contribution in [-0.2, 0) is 12.8 Å². The molecule has 1 aromatic heterocycles. The lowest BCUT2D eigenvalue weighted by molar-refractivity contribution is -0.368. The number of thiazole rings is 1. The maximum absolute atomic E-state index is 5.84. The highest BCUT2D eigenvalue weighted by molar-refractivity contribution is 7.15. The van der Waals surface area contributed by atoms with Crippen LogP contribution in [0.15, 0.2) is 0 Å². The topological polar surface area (TPSA) is 40.2 Å². The number of H-pyrrole nitrogens is 1. The standard InChI is InChI=1S/C12H18N2S.HI/c13-11-14-9-4-7-12(8-10(9)15-11)5-2-1-3-6-12;/h1-8H2,(H2,13,14);1H. The number of anilines is 1. The number of hydrogen-bond donors (Lipinski definition) is 1. The quantitative estimate of drug-likeness (QED) is 0.635. The molecule has 3 N–H and O–H groups in total. The van der Waals surface area contributed by atoms with Crippen molar-refractivity contribution >= 4 is 16.5 Å². The Balaban J connectivity index is 0.000000963. The molecular weight excluding hydrogens is 331 g/mol. The van der Waals surface area contributed by atoms with Crippen molar-refractivity contribution in [3.05, 3.63) is 10.6 Å². The molecule has 0 aromatic carbocycles. The Bertz CT molecular complexity index is 369. The number of nitrogen functional groups attached to an aromatic ring is 1. The number of nitrogens with one attached hydrogen (secondary N) is 1. The van der Waals surface area contributed by atoms with Crippen LogP contribution < -0.4 is 34.7 Å². The van der Waals surface area contributed by atoms with Gasteiger partial charge in [0.05, 0.1) is 4.88 Å². The van der Waals surface area contributed by atoms with Crippen molar-refractivity contribution in [3.8, 4) is 0 Å². The van der Waals surface area contributed by atoms with E-state index in [4.69, 9.17) is 5.73 Å². The first kappa shape index (κ1) is 12.6. The second kappa shape index (κ2) is 4.80. The van der Waals surface area contributed by atoms with Gasteiger partial charge >= 0.3 is 5.13 Å². The van der Waals surface area contributed by atoms with Gasteiger partial charge in [-0.2, -0.15) is 0 Å². The third kappa shape index (κ3) is 2.23. The Kier molecular flexibility index (Phi) is 3.79. The third-order valence-corrected chi connectivity index (χ3v) is 5.16. The molecule has 1 fully saturated rings. The molecule has 0 radical (unpaired) electrons. The van der Waals surface area contributed by atoms with E-state index in [0.29, 0.717) is 5.41 Å². The summed E-state index contributed by atoms with van der Waals surface area (Å²) in [4.78, 5) is 4.86. The van der Waals surface area contributed by atoms with Gasteiger partial charge in [0, 0.05) is 6.42 Å². The monoisotopic (exact) mass is 350 g/mol. The molecule has 2 aliphatic carbocycles. The van der Waals surface area contributed by atoms with Crippen molar-refractivity contribution < 1.29 is 29.0 Å². The normalized spacial score (nSPS) is 22.5. The molecule has 0 unspecified atom stereocenters. The Hall–Kier alpha value is 0.160. The molecule has 0 bridgehead atoms. The Morgan fingerprint density at radius 2 is 1.88 bits per heavy atom. The molecule has 0 amide bonds. The summed E-state index contributed by atoms with van der Waals surface area (Å²) >= 11 is 1.78. The van der Waals surface area contributed by atoms with E-state index in [2.05, 4.69) is 4.98 Å². The number of halogens is 1. The van der Waals surface area contributed by atoms with Gasteiger partial charge in [-0.15, -0.1) is 0 Å². The summed E-state index contributed by atoms with van der Waals surface area (Å²) in [6.45, 7) is 0. The van der Waals surface area contributed by atoms with E-state index in [1.807, 2.05) is 0 Å². The van der Waals surface area contributed by atoms with Crippen molar-refractivity contribution in [2.75, 3.05) is 5.73 Å². The molecule has 2 aliphatic rings. The predicted molar refractivity (Wildman–Crippen MR) is 62.8 cm³/mol. The molecule has 1 aromatic rings. The van der Waals surface area contributed by atoms with Crippen LogP contribution in [0.5, 0.6) is 0 Å². The van der Waals surface area contributed by atoms with Gasteiger partial charge in [-0.25, -0.2) is 4.98 Å². The molecule has 90 valence electrons. The van der Waals surface area contributed by atoms with E-state index in [-0.39, 0.29) is 24.0 Å². The zero-order chi connectivity index (χ0) is 10.3. The van der Waals surface area contributed by atoms with Crippen molar-refractivity contribution in [2.24, 2.45) is 5.41 Å². The highest BCUT2D eigenvalue weighted by Gasteiger charge is 2.37. The van der Waals surface area contributed by atoms with Crippen LogP contribution in [0.2, 0.25) is 0 Å². The molecule has 1 saturated carbocycles. The first-order chi connectivity index (χ1) is 7.27. The Morgan fingerprint density at radius 1 is 1.12 bits per heavy atom. The van der Waals surface area contributed by atoms with Gasteiger partial charge in [-0.1, -0.05) is 30.6 Å². The lowest BCUT2D eigenvalue weighted by atomic mass is 9.66. The average Bonchev–Trinajstić information content (AvgIpc) is 2.58. The van der Waals surface area contributed by atoms with Crippen molar-refractivity contribution in [1.29, 1.82) is 0 Å². The third-order valence-electron chi connectivity index (χ3n) is 4.20. The first-order valence-corrected chi connectivity index (χ1v) is 6.88. The van der Waals surface area contributed by atoms with Gasteiger partial charge in [0.15, 0.2) is 0 Å². The smallest absolute Gasteiger partial charge is 0.329 e. The molecule has 0 saturated heterocycles. The molecule has 2 nitrogen and oxygen atoms in total. The zero-order valence-electron chi connectivity index (χ0n) is 9.52. The second-order valence-electron chi connectivity index (χ2n) is 5.23. The number of aromatic nitrogens is 1. The minimum Gasteiger partial charge on any atom is -1.00 e. The maximum atomic E-state index is 5.84. The van der Waals surface area contributed by atoms with Crippen LogP contribution in [-0.4, -0.2) is 0 Å². The summed E-state index contributed by atoms with van der Waals surface area (Å²) in [7, 11) is 0. The number of aryl methyl sites for hydroxylation is 1. The molecule has 4 heteroatoms. The number of rotatable bonds is 0. The summed E-state index contributed by atoms with van der Waals surface area (Å²) in [5, 5.41) is 0.896. The molecule has 1 heterocycles. The molecule has 3 rings (SSSR count). The molecule has 16 heavy (non-hydrogen) atoms. The number of hydrogen-bond acceptors (Lipinski definition) is 2. The lowest BCUT2D eigenvalue weighted by Crippen LogP contribution is -3.00. The number of nitrogens with two attached hydrogens (primary N) is 1. The summed E-state index contributed by atoms with van der Waals surface area (Å²) < 4.78 is 0. The van der Waals surface area contributed by atoms with Gasteiger partial charge in [0.2, 0.25) is 0 Å². The van der Waals surface area contributed by atoms with Gasteiger partial charge in [-0.05, 0) is 31.1 Å². The minimum atomic E-state index is 0. The Morgan fingerprint density at radius 3 is 2.62 bits per heavy atom. The highest BCUT2D eigenvalue weighted by atomic mass is 127. The van der Waals surface area contributed by atoms with Crippen LogP contribution in [0.3, 0.4) is 0 Å². The van der Waals surface area contributed by atoms with Gasteiger partial charge in [0.1, 0.15) is 5.69 Å². The van der Waals surface area contributed by atoms with Crippen LogP contribution >= 0.6 is 11.3 Å². The summed E-state index contributed by atoms with van der Waals surface area (Å²) in [5.41, 5.74) is 7.91.